The summed E-state index contributed by atoms with van der Waals surface area (Å²) in [5, 5.41) is 13.4. The van der Waals surface area contributed by atoms with Crippen LogP contribution in [0.1, 0.15) is 43.4 Å². The maximum atomic E-state index is 12.8. The highest BCUT2D eigenvalue weighted by Crippen LogP contribution is 2.44. The van der Waals surface area contributed by atoms with Gasteiger partial charge in [0.1, 0.15) is 12.6 Å². The first kappa shape index (κ1) is 23.7. The molecule has 1 atom stereocenters. The van der Waals surface area contributed by atoms with E-state index in [1.165, 1.54) is 0 Å². The number of fused-ring (bicyclic) bond motifs is 4. The molecule has 36 heavy (non-hydrogen) atoms. The molecule has 1 amide bonds. The molecule has 3 aromatic carbocycles. The maximum Gasteiger partial charge on any atom is 0.407 e. The lowest BCUT2D eigenvalue weighted by atomic mass is 9.98. The van der Waals surface area contributed by atoms with Crippen LogP contribution in [-0.2, 0) is 21.5 Å². The average molecular weight is 483 g/mol. The highest BCUT2D eigenvalue weighted by molar-refractivity contribution is 5.86. The second kappa shape index (κ2) is 9.19. The van der Waals surface area contributed by atoms with Gasteiger partial charge in [-0.2, -0.15) is 0 Å². The number of ether oxygens (including phenoxy) is 1. The van der Waals surface area contributed by atoms with Gasteiger partial charge in [0.05, 0.1) is 0 Å². The lowest BCUT2D eigenvalue weighted by Crippen LogP contribution is -2.42. The molecule has 0 saturated carbocycles. The number of hydrogen-bond donors (Lipinski definition) is 2. The Bertz CT molecular complexity index is 1400. The summed E-state index contributed by atoms with van der Waals surface area (Å²) in [6.45, 7) is 6.45. The number of nitrogens with one attached hydrogen (secondary N) is 1. The fraction of sp³-hybridized carbons (Fsp3) is 0.267. The number of carbonyl (C=O) groups is 2. The Labute approximate surface area is 210 Å². The van der Waals surface area contributed by atoms with Gasteiger partial charge < -0.3 is 19.7 Å². The van der Waals surface area contributed by atoms with E-state index in [1.54, 1.807) is 0 Å². The summed E-state index contributed by atoms with van der Waals surface area (Å²) in [7, 11) is 0. The van der Waals surface area contributed by atoms with Crippen molar-refractivity contribution >= 4 is 23.0 Å². The quantitative estimate of drug-likeness (QED) is 0.357. The average Bonchev–Trinajstić information content (AvgIpc) is 3.38. The molecule has 0 unspecified atom stereocenters. The number of carboxylic acid groups (broad SMARTS) is 1. The molecule has 184 valence electrons. The Kier molecular flexibility index (Phi) is 6.04. The Balaban J connectivity index is 1.32. The van der Waals surface area contributed by atoms with Gasteiger partial charge in [-0.25, -0.2) is 9.59 Å². The summed E-state index contributed by atoms with van der Waals surface area (Å²) in [5.74, 6) is -1.19. The van der Waals surface area contributed by atoms with Crippen LogP contribution in [0.3, 0.4) is 0 Å². The van der Waals surface area contributed by atoms with Gasteiger partial charge in [-0.1, -0.05) is 66.7 Å². The van der Waals surface area contributed by atoms with E-state index in [2.05, 4.69) is 42.8 Å². The molecule has 0 fully saturated rings. The van der Waals surface area contributed by atoms with Gasteiger partial charge in [-0.05, 0) is 54.7 Å². The zero-order chi connectivity index (χ0) is 25.4. The third-order valence-corrected chi connectivity index (χ3v) is 6.88. The Hall–Kier alpha value is -4.06. The molecule has 1 aromatic heterocycles. The maximum absolute atomic E-state index is 12.8. The smallest absolute Gasteiger partial charge is 0.407 e. The zero-order valence-electron chi connectivity index (χ0n) is 20.7. The van der Waals surface area contributed by atoms with E-state index >= 15 is 0 Å². The molecular formula is C30H30N2O4. The van der Waals surface area contributed by atoms with E-state index in [1.807, 2.05) is 66.9 Å². The van der Waals surface area contributed by atoms with Crippen LogP contribution in [0.4, 0.5) is 4.79 Å². The van der Waals surface area contributed by atoms with Crippen LogP contribution in [0.5, 0.6) is 0 Å². The highest BCUT2D eigenvalue weighted by Gasteiger charge is 2.30. The third kappa shape index (κ3) is 4.35. The molecule has 0 spiro atoms. The number of aliphatic carboxylic acids is 1. The van der Waals surface area contributed by atoms with Crippen LogP contribution in [0.2, 0.25) is 0 Å². The van der Waals surface area contributed by atoms with Gasteiger partial charge in [-0.3, -0.25) is 0 Å². The number of benzene rings is 3. The second-order valence-corrected chi connectivity index (χ2v) is 10.3. The summed E-state index contributed by atoms with van der Waals surface area (Å²) in [6, 6.07) is 23.0. The Morgan fingerprint density at radius 1 is 0.944 bits per heavy atom. The lowest BCUT2D eigenvalue weighted by Gasteiger charge is -2.22. The van der Waals surface area contributed by atoms with E-state index in [0.29, 0.717) is 0 Å². The Morgan fingerprint density at radius 3 is 2.14 bits per heavy atom. The van der Waals surface area contributed by atoms with Gasteiger partial charge in [0.25, 0.3) is 0 Å². The van der Waals surface area contributed by atoms with E-state index in [4.69, 9.17) is 4.74 Å². The highest BCUT2D eigenvalue weighted by atomic mass is 16.5. The number of rotatable bonds is 6. The van der Waals surface area contributed by atoms with Crippen LogP contribution in [0.15, 0.2) is 79.0 Å². The van der Waals surface area contributed by atoms with Crippen LogP contribution >= 0.6 is 0 Å². The van der Waals surface area contributed by atoms with E-state index < -0.39 is 18.1 Å². The first-order chi connectivity index (χ1) is 17.2. The third-order valence-electron chi connectivity index (χ3n) is 6.88. The summed E-state index contributed by atoms with van der Waals surface area (Å²) in [6.07, 6.45) is 1.41. The van der Waals surface area contributed by atoms with Crippen LogP contribution in [0, 0.1) is 0 Å². The minimum atomic E-state index is -1.11. The van der Waals surface area contributed by atoms with Gasteiger partial charge in [0, 0.05) is 35.0 Å². The molecule has 4 aromatic rings. The van der Waals surface area contributed by atoms with E-state index in [-0.39, 0.29) is 24.5 Å². The van der Waals surface area contributed by atoms with E-state index in [9.17, 15) is 14.7 Å². The molecule has 1 aliphatic rings. The van der Waals surface area contributed by atoms with E-state index in [0.717, 1.165) is 38.7 Å². The topological polar surface area (TPSA) is 80.6 Å². The minimum absolute atomic E-state index is 0.0869. The molecule has 0 bridgehead atoms. The molecule has 5 rings (SSSR count). The van der Waals surface area contributed by atoms with Crippen molar-refractivity contribution in [2.75, 3.05) is 6.61 Å². The van der Waals surface area contributed by atoms with Gasteiger partial charge in [0.2, 0.25) is 0 Å². The van der Waals surface area contributed by atoms with Crippen molar-refractivity contribution in [1.29, 1.82) is 0 Å². The van der Waals surface area contributed by atoms with Crippen molar-refractivity contribution in [1.82, 2.24) is 9.88 Å². The SMILES string of the molecule is CC(C)(C)n1cc(C[C@H](NC(=O)OCC2c3ccccc3-c3ccccc32)C(=O)O)c2ccccc21. The van der Waals surface area contributed by atoms with Crippen molar-refractivity contribution in [3.05, 3.63) is 95.7 Å². The molecule has 2 N–H and O–H groups in total. The fourth-order valence-electron chi connectivity index (χ4n) is 5.17. The van der Waals surface area contributed by atoms with Crippen LogP contribution in [-0.4, -0.2) is 34.4 Å². The molecule has 6 nitrogen and oxygen atoms in total. The van der Waals surface area contributed by atoms with Crippen molar-refractivity contribution < 1.29 is 19.4 Å². The van der Waals surface area contributed by atoms with Crippen molar-refractivity contribution in [3.63, 3.8) is 0 Å². The molecular weight excluding hydrogens is 452 g/mol. The summed E-state index contributed by atoms with van der Waals surface area (Å²) < 4.78 is 7.73. The summed E-state index contributed by atoms with van der Waals surface area (Å²) in [5.41, 5.74) is 6.22. The first-order valence-electron chi connectivity index (χ1n) is 12.2. The predicted molar refractivity (Wildman–Crippen MR) is 140 cm³/mol. The molecule has 6 heteroatoms. The summed E-state index contributed by atoms with van der Waals surface area (Å²) in [4.78, 5) is 24.8. The molecule has 0 saturated heterocycles. The fourth-order valence-corrected chi connectivity index (χ4v) is 5.17. The first-order valence-corrected chi connectivity index (χ1v) is 12.2. The zero-order valence-corrected chi connectivity index (χ0v) is 20.7. The van der Waals surface area contributed by atoms with Crippen molar-refractivity contribution in [3.8, 4) is 11.1 Å². The molecule has 0 radical (unpaired) electrons. The molecule has 1 aliphatic carbocycles. The minimum Gasteiger partial charge on any atom is -0.480 e. The molecule has 0 aliphatic heterocycles. The lowest BCUT2D eigenvalue weighted by molar-refractivity contribution is -0.139. The number of hydrogen-bond acceptors (Lipinski definition) is 3. The second-order valence-electron chi connectivity index (χ2n) is 10.3. The van der Waals surface area contributed by atoms with Crippen LogP contribution < -0.4 is 5.32 Å². The van der Waals surface area contributed by atoms with Crippen molar-refractivity contribution in [2.24, 2.45) is 0 Å². The number of alkyl carbamates (subject to hydrolysis) is 1. The largest absolute Gasteiger partial charge is 0.480 e. The normalized spacial score (nSPS) is 13.8. The standard InChI is InChI=1S/C30H30N2O4/c1-30(2,3)32-17-19(20-10-8-9-15-27(20)32)16-26(28(33)34)31-29(35)36-18-25-23-13-6-4-11-21(23)22-12-5-7-14-24(22)25/h4-15,17,25-26H,16,18H2,1-3H3,(H,31,35)(H,33,34)/t26-/m0/s1. The van der Waals surface area contributed by atoms with Gasteiger partial charge >= 0.3 is 12.1 Å². The predicted octanol–water partition coefficient (Wildman–Crippen LogP) is 5.93. The monoisotopic (exact) mass is 482 g/mol. The number of carbonyl (C=O) groups excluding carboxylic acids is 1. The molecule has 1 heterocycles. The number of aromatic nitrogens is 1. The van der Waals surface area contributed by atoms with Crippen LogP contribution in [0.25, 0.3) is 22.0 Å². The summed E-state index contributed by atoms with van der Waals surface area (Å²) >= 11 is 0. The Morgan fingerprint density at radius 2 is 1.53 bits per heavy atom. The number of amides is 1. The van der Waals surface area contributed by atoms with Gasteiger partial charge in [-0.15, -0.1) is 0 Å². The van der Waals surface area contributed by atoms with Gasteiger partial charge in [0.15, 0.2) is 0 Å². The number of carboxylic acids is 1. The van der Waals surface area contributed by atoms with Crippen molar-refractivity contribution in [2.45, 2.75) is 44.7 Å². The number of nitrogens with zero attached hydrogens (tertiary/aromatic N) is 1. The number of para-hydroxylation sites is 1.